The lowest BCUT2D eigenvalue weighted by Gasteiger charge is -2.26. The summed E-state index contributed by atoms with van der Waals surface area (Å²) in [6, 6.07) is 5.20. The lowest BCUT2D eigenvalue weighted by molar-refractivity contribution is -0.139. The van der Waals surface area contributed by atoms with Gasteiger partial charge in [0.1, 0.15) is 24.2 Å². The van der Waals surface area contributed by atoms with Crippen LogP contribution in [0, 0.1) is 0 Å². The number of nitrogens with zero attached hydrogens (tertiary/aromatic N) is 4. The molecule has 0 bridgehead atoms. The fourth-order valence-electron chi connectivity index (χ4n) is 3.27. The predicted molar refractivity (Wildman–Crippen MR) is 89.0 cm³/mol. The highest BCUT2D eigenvalue weighted by Crippen LogP contribution is 2.36. The zero-order chi connectivity index (χ0) is 18.1. The topological polar surface area (TPSA) is 66.9 Å². The van der Waals surface area contributed by atoms with E-state index >= 15 is 0 Å². The molecule has 1 aliphatic rings. The van der Waals surface area contributed by atoms with Crippen LogP contribution in [-0.4, -0.2) is 39.1 Å². The van der Waals surface area contributed by atoms with Gasteiger partial charge in [0.25, 0.3) is 0 Å². The van der Waals surface area contributed by atoms with E-state index in [-0.39, 0.29) is 18.4 Å². The van der Waals surface area contributed by atoms with Crippen LogP contribution in [0.2, 0.25) is 0 Å². The fraction of sp³-hybridized carbons (Fsp3) is 0.353. The van der Waals surface area contributed by atoms with Gasteiger partial charge in [0.15, 0.2) is 11.5 Å². The van der Waals surface area contributed by atoms with Gasteiger partial charge in [0.05, 0.1) is 17.9 Å². The Hall–Kier alpha value is -2.84. The Kier molecular flexibility index (Phi) is 4.14. The summed E-state index contributed by atoms with van der Waals surface area (Å²) in [4.78, 5) is 17.6. The molecule has 2 aromatic heterocycles. The van der Waals surface area contributed by atoms with E-state index in [9.17, 15) is 13.2 Å². The quantitative estimate of drug-likeness (QED) is 0.769. The lowest BCUT2D eigenvalue weighted by Crippen LogP contribution is -2.35. The first-order valence-electron chi connectivity index (χ1n) is 8.24. The number of halogens is 3. The number of alkyl halides is 3. The summed E-state index contributed by atoms with van der Waals surface area (Å²) < 4.78 is 44.9. The second-order valence-electron chi connectivity index (χ2n) is 6.09. The third-order valence-electron chi connectivity index (χ3n) is 4.48. The van der Waals surface area contributed by atoms with Gasteiger partial charge in [-0.25, -0.2) is 15.0 Å². The molecule has 1 fully saturated rings. The van der Waals surface area contributed by atoms with Gasteiger partial charge in [-0.1, -0.05) is 12.1 Å². The Balaban J connectivity index is 1.55. The van der Waals surface area contributed by atoms with Crippen LogP contribution in [0.4, 0.5) is 19.0 Å². The van der Waals surface area contributed by atoms with E-state index in [2.05, 4.69) is 19.9 Å². The van der Waals surface area contributed by atoms with Crippen LogP contribution in [0.15, 0.2) is 36.9 Å². The third kappa shape index (κ3) is 3.04. The summed E-state index contributed by atoms with van der Waals surface area (Å²) in [7, 11) is 0. The maximum atomic E-state index is 13.1. The number of nitrogens with one attached hydrogen (secondary N) is 1. The summed E-state index contributed by atoms with van der Waals surface area (Å²) in [5.41, 5.74) is 0.515. The van der Waals surface area contributed by atoms with E-state index in [1.165, 1.54) is 24.5 Å². The first kappa shape index (κ1) is 16.6. The summed E-state index contributed by atoms with van der Waals surface area (Å²) in [5, 5.41) is 0. The van der Waals surface area contributed by atoms with Gasteiger partial charge in [-0.2, -0.15) is 13.2 Å². The number of aromatic amines is 1. The number of aromatic nitrogens is 4. The van der Waals surface area contributed by atoms with Crippen LogP contribution in [0.5, 0.6) is 5.75 Å². The van der Waals surface area contributed by atoms with Crippen molar-refractivity contribution in [3.05, 3.63) is 42.5 Å². The molecule has 1 saturated heterocycles. The number of rotatable bonds is 4. The lowest BCUT2D eigenvalue weighted by atomic mass is 10.2. The molecule has 1 atom stereocenters. The van der Waals surface area contributed by atoms with Crippen molar-refractivity contribution in [3.8, 4) is 5.75 Å². The van der Waals surface area contributed by atoms with Crippen molar-refractivity contribution in [1.82, 2.24) is 19.9 Å². The molecule has 4 rings (SSSR count). The molecule has 1 N–H and O–H groups in total. The monoisotopic (exact) mass is 363 g/mol. The Morgan fingerprint density at radius 2 is 2.04 bits per heavy atom. The first-order chi connectivity index (χ1) is 12.5. The molecule has 0 spiro atoms. The highest BCUT2D eigenvalue weighted by molar-refractivity contribution is 5.83. The van der Waals surface area contributed by atoms with Crippen molar-refractivity contribution in [2.24, 2.45) is 0 Å². The van der Waals surface area contributed by atoms with Crippen LogP contribution in [0.1, 0.15) is 18.4 Å². The Labute approximate surface area is 147 Å². The number of imidazole rings is 1. The van der Waals surface area contributed by atoms with Crippen LogP contribution in [0.3, 0.4) is 0 Å². The smallest absolute Gasteiger partial charge is 0.419 e. The summed E-state index contributed by atoms with van der Waals surface area (Å²) in [5.74, 6) is 0.545. The third-order valence-corrected chi connectivity index (χ3v) is 4.48. The molecule has 6 nitrogen and oxygen atoms in total. The minimum atomic E-state index is -4.44. The molecular formula is C17H16F3N5O. The Bertz CT molecular complexity index is 911. The summed E-state index contributed by atoms with van der Waals surface area (Å²) in [6.07, 6.45) is 0.265. The summed E-state index contributed by atoms with van der Waals surface area (Å²) >= 11 is 0. The zero-order valence-electron chi connectivity index (χ0n) is 13.7. The maximum absolute atomic E-state index is 13.1. The number of ether oxygens (including phenoxy) is 1. The number of benzene rings is 1. The van der Waals surface area contributed by atoms with Gasteiger partial charge in [-0.05, 0) is 25.0 Å². The molecular weight excluding hydrogens is 347 g/mol. The van der Waals surface area contributed by atoms with Crippen LogP contribution < -0.4 is 9.64 Å². The van der Waals surface area contributed by atoms with E-state index in [1.807, 2.05) is 4.90 Å². The average molecular weight is 363 g/mol. The first-order valence-corrected chi connectivity index (χ1v) is 8.24. The molecule has 0 saturated carbocycles. The molecule has 0 amide bonds. The molecule has 0 unspecified atom stereocenters. The number of para-hydroxylation sites is 1. The van der Waals surface area contributed by atoms with E-state index in [0.29, 0.717) is 11.5 Å². The van der Waals surface area contributed by atoms with Gasteiger partial charge in [-0.15, -0.1) is 0 Å². The van der Waals surface area contributed by atoms with Crippen molar-refractivity contribution in [1.29, 1.82) is 0 Å². The molecule has 1 aromatic carbocycles. The van der Waals surface area contributed by atoms with E-state index in [1.54, 1.807) is 6.33 Å². The minimum absolute atomic E-state index is 0.0716. The molecule has 0 radical (unpaired) electrons. The summed E-state index contributed by atoms with van der Waals surface area (Å²) in [6.45, 7) is 0.896. The van der Waals surface area contributed by atoms with Crippen molar-refractivity contribution in [3.63, 3.8) is 0 Å². The normalized spacial score (nSPS) is 17.8. The van der Waals surface area contributed by atoms with Gasteiger partial charge in [0.2, 0.25) is 0 Å². The molecule has 1 aliphatic heterocycles. The number of fused-ring (bicyclic) bond motifs is 1. The zero-order valence-corrected chi connectivity index (χ0v) is 13.7. The van der Waals surface area contributed by atoms with Crippen molar-refractivity contribution in [2.75, 3.05) is 18.1 Å². The second-order valence-corrected chi connectivity index (χ2v) is 6.09. The largest absolute Gasteiger partial charge is 0.491 e. The highest BCUT2D eigenvalue weighted by Gasteiger charge is 2.35. The SMILES string of the molecule is FC(F)(F)c1ccccc1OC[C@H]1CCCN1c1ncnc2nc[nH]c12. The molecule has 26 heavy (non-hydrogen) atoms. The number of hydrogen-bond acceptors (Lipinski definition) is 5. The molecule has 136 valence electrons. The number of H-pyrrole nitrogens is 1. The molecule has 3 aromatic rings. The van der Waals surface area contributed by atoms with Crippen LogP contribution in [0.25, 0.3) is 11.2 Å². The molecule has 0 aliphatic carbocycles. The fourth-order valence-corrected chi connectivity index (χ4v) is 3.27. The van der Waals surface area contributed by atoms with Gasteiger partial charge >= 0.3 is 6.18 Å². The van der Waals surface area contributed by atoms with Crippen molar-refractivity contribution in [2.45, 2.75) is 25.1 Å². The van der Waals surface area contributed by atoms with E-state index < -0.39 is 11.7 Å². The highest BCUT2D eigenvalue weighted by atomic mass is 19.4. The standard InChI is InChI=1S/C17H16F3N5O/c18-17(19,20)12-5-1-2-6-13(12)26-8-11-4-3-7-25(11)16-14-15(22-9-21-14)23-10-24-16/h1-2,5-6,9-11H,3-4,7-8H2,(H,21,22,23,24)/t11-/m1/s1. The second kappa shape index (κ2) is 6.47. The Morgan fingerprint density at radius 1 is 1.19 bits per heavy atom. The van der Waals surface area contributed by atoms with Crippen LogP contribution in [-0.2, 0) is 6.18 Å². The van der Waals surface area contributed by atoms with Crippen molar-refractivity contribution < 1.29 is 17.9 Å². The molecule has 3 heterocycles. The average Bonchev–Trinajstić information content (AvgIpc) is 3.28. The van der Waals surface area contributed by atoms with Crippen molar-refractivity contribution >= 4 is 17.0 Å². The minimum Gasteiger partial charge on any atom is -0.491 e. The molecule has 9 heteroatoms. The van der Waals surface area contributed by atoms with Gasteiger partial charge < -0.3 is 14.6 Å². The number of hydrogen-bond donors (Lipinski definition) is 1. The van der Waals surface area contributed by atoms with Crippen LogP contribution >= 0.6 is 0 Å². The predicted octanol–water partition coefficient (Wildman–Crippen LogP) is 3.42. The van der Waals surface area contributed by atoms with E-state index in [0.717, 1.165) is 31.0 Å². The van der Waals surface area contributed by atoms with E-state index in [4.69, 9.17) is 4.74 Å². The van der Waals surface area contributed by atoms with Gasteiger partial charge in [-0.3, -0.25) is 0 Å². The maximum Gasteiger partial charge on any atom is 0.419 e. The van der Waals surface area contributed by atoms with Gasteiger partial charge in [0, 0.05) is 6.54 Å². The number of anilines is 1. The Morgan fingerprint density at radius 3 is 2.88 bits per heavy atom.